The van der Waals surface area contributed by atoms with Crippen molar-refractivity contribution in [1.82, 2.24) is 0 Å². The third-order valence-electron chi connectivity index (χ3n) is 2.80. The predicted molar refractivity (Wildman–Crippen MR) is 66.2 cm³/mol. The number of nitriles is 2. The van der Waals surface area contributed by atoms with Crippen molar-refractivity contribution < 1.29 is 4.79 Å². The molecule has 0 fully saturated rings. The third kappa shape index (κ3) is 1.77. The van der Waals surface area contributed by atoms with E-state index in [1.165, 1.54) is 0 Å². The molecule has 2 aromatic carbocycles. The highest BCUT2D eigenvalue weighted by molar-refractivity contribution is 5.93. The molecule has 0 radical (unpaired) electrons. The molecule has 1 amide bonds. The molecule has 1 unspecified atom stereocenters. The van der Waals surface area contributed by atoms with Crippen LogP contribution in [0.5, 0.6) is 0 Å². The van der Waals surface area contributed by atoms with Crippen molar-refractivity contribution in [3.63, 3.8) is 0 Å². The molecule has 18 heavy (non-hydrogen) atoms. The van der Waals surface area contributed by atoms with Crippen LogP contribution in [0.2, 0.25) is 0 Å². The van der Waals surface area contributed by atoms with Gasteiger partial charge in [-0.2, -0.15) is 10.5 Å². The number of rotatable bonds is 2. The van der Waals surface area contributed by atoms with Gasteiger partial charge in [0.05, 0.1) is 11.6 Å². The molecular weight excluding hydrogens is 226 g/mol. The Bertz CT molecular complexity index is 707. The van der Waals surface area contributed by atoms with Gasteiger partial charge in [-0.15, -0.1) is 0 Å². The fourth-order valence-corrected chi connectivity index (χ4v) is 1.94. The normalized spacial score (nSPS) is 11.4. The van der Waals surface area contributed by atoms with E-state index in [1.54, 1.807) is 24.3 Å². The minimum absolute atomic E-state index is 0.332. The van der Waals surface area contributed by atoms with Gasteiger partial charge in [0.25, 0.3) is 0 Å². The van der Waals surface area contributed by atoms with Gasteiger partial charge in [-0.05, 0) is 16.3 Å². The van der Waals surface area contributed by atoms with Crippen molar-refractivity contribution in [1.29, 1.82) is 10.5 Å². The molecule has 0 aliphatic rings. The Morgan fingerprint density at radius 1 is 1.17 bits per heavy atom. The Balaban J connectivity index is 2.78. The number of amides is 1. The SMILES string of the molecule is N#Cc1c(C(C#N)C(N)=O)ccc2ccccc12. The topological polar surface area (TPSA) is 90.7 Å². The molecule has 0 saturated carbocycles. The lowest BCUT2D eigenvalue weighted by Crippen LogP contribution is -2.20. The second-order valence-electron chi connectivity index (χ2n) is 3.83. The number of benzene rings is 2. The Labute approximate surface area is 104 Å². The number of carbonyl (C=O) groups excluding carboxylic acids is 1. The van der Waals surface area contributed by atoms with Crippen LogP contribution in [0.4, 0.5) is 0 Å². The Kier molecular flexibility index (Phi) is 2.95. The fraction of sp³-hybridized carbons (Fsp3) is 0.0714. The van der Waals surface area contributed by atoms with E-state index in [-0.39, 0.29) is 0 Å². The van der Waals surface area contributed by atoms with Crippen molar-refractivity contribution in [2.75, 3.05) is 0 Å². The molecule has 0 saturated heterocycles. The van der Waals surface area contributed by atoms with E-state index in [9.17, 15) is 10.1 Å². The van der Waals surface area contributed by atoms with Crippen LogP contribution in [0, 0.1) is 22.7 Å². The summed E-state index contributed by atoms with van der Waals surface area (Å²) in [5.41, 5.74) is 5.87. The van der Waals surface area contributed by atoms with Crippen LogP contribution >= 0.6 is 0 Å². The molecule has 4 heteroatoms. The van der Waals surface area contributed by atoms with Crippen LogP contribution < -0.4 is 5.73 Å². The van der Waals surface area contributed by atoms with Gasteiger partial charge < -0.3 is 5.73 Å². The van der Waals surface area contributed by atoms with Gasteiger partial charge in [0.1, 0.15) is 6.07 Å². The minimum Gasteiger partial charge on any atom is -0.368 e. The fourth-order valence-electron chi connectivity index (χ4n) is 1.94. The summed E-state index contributed by atoms with van der Waals surface area (Å²) in [5.74, 6) is -1.84. The van der Waals surface area contributed by atoms with Crippen LogP contribution in [-0.4, -0.2) is 5.91 Å². The zero-order valence-corrected chi connectivity index (χ0v) is 9.42. The van der Waals surface area contributed by atoms with E-state index in [0.29, 0.717) is 11.1 Å². The Morgan fingerprint density at radius 2 is 1.89 bits per heavy atom. The van der Waals surface area contributed by atoms with Crippen molar-refractivity contribution in [2.24, 2.45) is 5.73 Å². The van der Waals surface area contributed by atoms with E-state index in [1.807, 2.05) is 24.3 Å². The van der Waals surface area contributed by atoms with Crippen LogP contribution in [-0.2, 0) is 4.79 Å². The second-order valence-corrected chi connectivity index (χ2v) is 3.83. The second kappa shape index (κ2) is 4.57. The standard InChI is InChI=1S/C14H9N3O/c15-7-12-10-4-2-1-3-9(10)5-6-11(12)13(8-16)14(17)18/h1-6,13H,(H2,17,18). The first-order valence-corrected chi connectivity index (χ1v) is 5.29. The van der Waals surface area contributed by atoms with Crippen molar-refractivity contribution in [3.05, 3.63) is 47.5 Å². The number of nitrogens with two attached hydrogens (primary N) is 1. The summed E-state index contributed by atoms with van der Waals surface area (Å²) in [5, 5.41) is 19.8. The number of hydrogen-bond donors (Lipinski definition) is 1. The van der Waals surface area contributed by atoms with Gasteiger partial charge in [0.2, 0.25) is 5.91 Å². The number of carbonyl (C=O) groups is 1. The molecule has 0 heterocycles. The van der Waals surface area contributed by atoms with E-state index in [0.717, 1.165) is 10.8 Å². The monoisotopic (exact) mass is 235 g/mol. The maximum Gasteiger partial charge on any atom is 0.239 e. The van der Waals surface area contributed by atoms with Gasteiger partial charge in [0, 0.05) is 0 Å². The molecule has 86 valence electrons. The summed E-state index contributed by atoms with van der Waals surface area (Å²) in [6, 6.07) is 14.6. The smallest absolute Gasteiger partial charge is 0.239 e. The molecule has 2 N–H and O–H groups in total. The molecule has 0 aliphatic carbocycles. The van der Waals surface area contributed by atoms with Crippen LogP contribution in [0.25, 0.3) is 10.8 Å². The average molecular weight is 235 g/mol. The van der Waals surface area contributed by atoms with E-state index in [2.05, 4.69) is 0 Å². The summed E-state index contributed by atoms with van der Waals surface area (Å²) in [7, 11) is 0. The highest BCUT2D eigenvalue weighted by Gasteiger charge is 2.21. The summed E-state index contributed by atoms with van der Waals surface area (Å²) in [6.07, 6.45) is 0. The summed E-state index contributed by atoms with van der Waals surface area (Å²) < 4.78 is 0. The molecule has 4 nitrogen and oxygen atoms in total. The molecule has 0 spiro atoms. The average Bonchev–Trinajstić information content (AvgIpc) is 2.38. The molecule has 0 aliphatic heterocycles. The zero-order valence-electron chi connectivity index (χ0n) is 9.42. The number of nitrogens with zero attached hydrogens (tertiary/aromatic N) is 2. The van der Waals surface area contributed by atoms with Gasteiger partial charge in [-0.25, -0.2) is 0 Å². The van der Waals surface area contributed by atoms with Crippen LogP contribution in [0.15, 0.2) is 36.4 Å². The molecule has 1 atom stereocenters. The van der Waals surface area contributed by atoms with Gasteiger partial charge in [-0.3, -0.25) is 4.79 Å². The van der Waals surface area contributed by atoms with Gasteiger partial charge in [0.15, 0.2) is 5.92 Å². The minimum atomic E-state index is -1.09. The largest absolute Gasteiger partial charge is 0.368 e. The van der Waals surface area contributed by atoms with E-state index >= 15 is 0 Å². The molecule has 2 rings (SSSR count). The van der Waals surface area contributed by atoms with Crippen molar-refractivity contribution >= 4 is 16.7 Å². The Morgan fingerprint density at radius 3 is 2.50 bits per heavy atom. The number of hydrogen-bond acceptors (Lipinski definition) is 3. The van der Waals surface area contributed by atoms with Crippen molar-refractivity contribution in [3.8, 4) is 12.1 Å². The zero-order chi connectivity index (χ0) is 13.1. The van der Waals surface area contributed by atoms with Crippen molar-refractivity contribution in [2.45, 2.75) is 5.92 Å². The Hall–Kier alpha value is -2.85. The highest BCUT2D eigenvalue weighted by atomic mass is 16.1. The molecular formula is C14H9N3O. The summed E-state index contributed by atoms with van der Waals surface area (Å²) in [4.78, 5) is 11.2. The third-order valence-corrected chi connectivity index (χ3v) is 2.80. The quantitative estimate of drug-likeness (QED) is 0.860. The highest BCUT2D eigenvalue weighted by Crippen LogP contribution is 2.26. The summed E-state index contributed by atoms with van der Waals surface area (Å²) in [6.45, 7) is 0. The molecule has 2 aromatic rings. The maximum absolute atomic E-state index is 11.2. The lowest BCUT2D eigenvalue weighted by atomic mass is 9.91. The van der Waals surface area contributed by atoms with Gasteiger partial charge in [-0.1, -0.05) is 36.4 Å². The van der Waals surface area contributed by atoms with Crippen LogP contribution in [0.3, 0.4) is 0 Å². The lowest BCUT2D eigenvalue weighted by Gasteiger charge is -2.09. The first-order valence-electron chi connectivity index (χ1n) is 5.29. The molecule has 0 aromatic heterocycles. The first-order chi connectivity index (χ1) is 8.69. The number of fused-ring (bicyclic) bond motifs is 1. The van der Waals surface area contributed by atoms with E-state index < -0.39 is 11.8 Å². The van der Waals surface area contributed by atoms with E-state index in [4.69, 9.17) is 11.0 Å². The predicted octanol–water partition coefficient (Wildman–Crippen LogP) is 1.80. The first kappa shape index (κ1) is 11.6. The maximum atomic E-state index is 11.2. The number of primary amides is 1. The van der Waals surface area contributed by atoms with Gasteiger partial charge >= 0.3 is 0 Å². The summed E-state index contributed by atoms with van der Waals surface area (Å²) >= 11 is 0. The lowest BCUT2D eigenvalue weighted by molar-refractivity contribution is -0.118. The van der Waals surface area contributed by atoms with Crippen LogP contribution in [0.1, 0.15) is 17.0 Å². The molecule has 0 bridgehead atoms.